The Balaban J connectivity index is 2.01. The van der Waals surface area contributed by atoms with Crippen LogP contribution in [0.2, 0.25) is 4.34 Å². The van der Waals surface area contributed by atoms with Crippen molar-refractivity contribution in [1.29, 1.82) is 0 Å². The Morgan fingerprint density at radius 1 is 1.40 bits per heavy atom. The molecular formula is C14H16ClN3OS. The van der Waals surface area contributed by atoms with Crippen molar-refractivity contribution in [2.45, 2.75) is 19.9 Å². The third-order valence-electron chi connectivity index (χ3n) is 2.68. The van der Waals surface area contributed by atoms with E-state index in [1.807, 2.05) is 18.2 Å². The summed E-state index contributed by atoms with van der Waals surface area (Å²) >= 11 is 7.32. The summed E-state index contributed by atoms with van der Waals surface area (Å²) in [5.74, 6) is -0.138. The smallest absolute Gasteiger partial charge is 0.255 e. The summed E-state index contributed by atoms with van der Waals surface area (Å²) in [4.78, 5) is 17.2. The maximum atomic E-state index is 12.2. The molecule has 2 N–H and O–H groups in total. The number of hydrogen-bond acceptors (Lipinski definition) is 4. The zero-order valence-electron chi connectivity index (χ0n) is 11.1. The summed E-state index contributed by atoms with van der Waals surface area (Å²) in [6.07, 6.45) is 4.25. The van der Waals surface area contributed by atoms with E-state index in [-0.39, 0.29) is 5.91 Å². The second-order valence-electron chi connectivity index (χ2n) is 4.24. The normalized spacial score (nSPS) is 10.3. The van der Waals surface area contributed by atoms with Crippen LogP contribution in [0.25, 0.3) is 0 Å². The van der Waals surface area contributed by atoms with E-state index in [1.54, 1.807) is 12.4 Å². The molecule has 0 fully saturated rings. The van der Waals surface area contributed by atoms with Crippen molar-refractivity contribution in [3.63, 3.8) is 0 Å². The van der Waals surface area contributed by atoms with Gasteiger partial charge in [0.2, 0.25) is 0 Å². The maximum absolute atomic E-state index is 12.2. The largest absolute Gasteiger partial charge is 0.384 e. The maximum Gasteiger partial charge on any atom is 0.255 e. The third-order valence-corrected chi connectivity index (χ3v) is 3.91. The zero-order chi connectivity index (χ0) is 14.4. The van der Waals surface area contributed by atoms with E-state index in [4.69, 9.17) is 11.6 Å². The Kier molecular flexibility index (Phi) is 5.38. The predicted octanol–water partition coefficient (Wildman–Crippen LogP) is 3.55. The second-order valence-corrected chi connectivity index (χ2v) is 6.04. The minimum atomic E-state index is -0.138. The van der Waals surface area contributed by atoms with Gasteiger partial charge < -0.3 is 10.6 Å². The van der Waals surface area contributed by atoms with E-state index in [0.29, 0.717) is 12.1 Å². The van der Waals surface area contributed by atoms with Gasteiger partial charge in [0.05, 0.1) is 22.1 Å². The summed E-state index contributed by atoms with van der Waals surface area (Å²) in [5, 5.41) is 6.11. The van der Waals surface area contributed by atoms with Crippen LogP contribution in [-0.4, -0.2) is 17.4 Å². The summed E-state index contributed by atoms with van der Waals surface area (Å²) in [5.41, 5.74) is 1.37. The lowest BCUT2D eigenvalue weighted by molar-refractivity contribution is 0.0951. The van der Waals surface area contributed by atoms with Crippen LogP contribution in [0, 0.1) is 0 Å². The molecule has 106 valence electrons. The number of nitrogens with zero attached hydrogens (tertiary/aromatic N) is 1. The summed E-state index contributed by atoms with van der Waals surface area (Å²) < 4.78 is 0.723. The van der Waals surface area contributed by atoms with E-state index < -0.39 is 0 Å². The van der Waals surface area contributed by atoms with E-state index >= 15 is 0 Å². The number of rotatable bonds is 6. The summed E-state index contributed by atoms with van der Waals surface area (Å²) in [6.45, 7) is 3.37. The highest BCUT2D eigenvalue weighted by molar-refractivity contribution is 7.16. The van der Waals surface area contributed by atoms with Gasteiger partial charge in [0.15, 0.2) is 0 Å². The highest BCUT2D eigenvalue weighted by atomic mass is 35.5. The Morgan fingerprint density at radius 2 is 2.25 bits per heavy atom. The first-order valence-corrected chi connectivity index (χ1v) is 7.60. The Labute approximate surface area is 127 Å². The molecule has 0 aromatic carbocycles. The van der Waals surface area contributed by atoms with Gasteiger partial charge in [-0.2, -0.15) is 0 Å². The first-order valence-electron chi connectivity index (χ1n) is 6.41. The molecule has 0 spiro atoms. The molecular weight excluding hydrogens is 294 g/mol. The number of hydrogen-bond donors (Lipinski definition) is 2. The SMILES string of the molecule is CCCNc1ccncc1C(=O)NCc1ccc(Cl)s1. The first kappa shape index (κ1) is 14.8. The molecule has 0 aliphatic carbocycles. The quantitative estimate of drug-likeness (QED) is 0.858. The van der Waals surface area contributed by atoms with Gasteiger partial charge in [-0.05, 0) is 24.6 Å². The van der Waals surface area contributed by atoms with Crippen molar-refractivity contribution in [3.05, 3.63) is 45.4 Å². The van der Waals surface area contributed by atoms with Crippen molar-refractivity contribution in [2.24, 2.45) is 0 Å². The number of aromatic nitrogens is 1. The molecule has 0 saturated heterocycles. The zero-order valence-corrected chi connectivity index (χ0v) is 12.7. The minimum absolute atomic E-state index is 0.138. The van der Waals surface area contributed by atoms with Crippen molar-refractivity contribution >= 4 is 34.5 Å². The fourth-order valence-corrected chi connectivity index (χ4v) is 2.73. The number of carbonyl (C=O) groups is 1. The number of amides is 1. The molecule has 0 aliphatic heterocycles. The molecule has 2 heterocycles. The Morgan fingerprint density at radius 3 is 2.95 bits per heavy atom. The van der Waals surface area contributed by atoms with E-state index in [1.165, 1.54) is 11.3 Å². The minimum Gasteiger partial charge on any atom is -0.384 e. The van der Waals surface area contributed by atoms with E-state index in [0.717, 1.165) is 27.9 Å². The van der Waals surface area contributed by atoms with Crippen LogP contribution in [0.5, 0.6) is 0 Å². The number of anilines is 1. The van der Waals surface area contributed by atoms with Crippen LogP contribution in [0.4, 0.5) is 5.69 Å². The molecule has 0 bridgehead atoms. The molecule has 6 heteroatoms. The number of nitrogens with one attached hydrogen (secondary N) is 2. The fourth-order valence-electron chi connectivity index (χ4n) is 1.70. The van der Waals surface area contributed by atoms with Crippen molar-refractivity contribution in [3.8, 4) is 0 Å². The molecule has 4 nitrogen and oxygen atoms in total. The predicted molar refractivity (Wildman–Crippen MR) is 83.5 cm³/mol. The summed E-state index contributed by atoms with van der Waals surface area (Å²) in [7, 11) is 0. The average Bonchev–Trinajstić information content (AvgIpc) is 2.88. The van der Waals surface area contributed by atoms with E-state index in [2.05, 4.69) is 22.5 Å². The molecule has 0 saturated carbocycles. The summed E-state index contributed by atoms with van der Waals surface area (Å²) in [6, 6.07) is 5.55. The van der Waals surface area contributed by atoms with Gasteiger partial charge in [0.25, 0.3) is 5.91 Å². The van der Waals surface area contributed by atoms with Crippen molar-refractivity contribution < 1.29 is 4.79 Å². The molecule has 0 aliphatic rings. The molecule has 2 aromatic rings. The molecule has 0 unspecified atom stereocenters. The van der Waals surface area contributed by atoms with Crippen molar-refractivity contribution in [1.82, 2.24) is 10.3 Å². The first-order chi connectivity index (χ1) is 9.70. The molecule has 2 rings (SSSR count). The average molecular weight is 310 g/mol. The van der Waals surface area contributed by atoms with Crippen LogP contribution in [0.1, 0.15) is 28.6 Å². The van der Waals surface area contributed by atoms with Gasteiger partial charge in [-0.1, -0.05) is 18.5 Å². The lowest BCUT2D eigenvalue weighted by Gasteiger charge is -2.10. The number of halogens is 1. The van der Waals surface area contributed by atoms with Gasteiger partial charge >= 0.3 is 0 Å². The Bertz CT molecular complexity index is 585. The second kappa shape index (κ2) is 7.26. The molecule has 0 radical (unpaired) electrons. The van der Waals surface area contributed by atoms with Gasteiger partial charge in [-0.25, -0.2) is 0 Å². The molecule has 1 amide bonds. The molecule has 20 heavy (non-hydrogen) atoms. The van der Waals surface area contributed by atoms with E-state index in [9.17, 15) is 4.79 Å². The highest BCUT2D eigenvalue weighted by Crippen LogP contribution is 2.21. The monoisotopic (exact) mass is 309 g/mol. The topological polar surface area (TPSA) is 54.0 Å². The van der Waals surface area contributed by atoms with Crippen LogP contribution in [0.3, 0.4) is 0 Å². The van der Waals surface area contributed by atoms with Crippen LogP contribution in [0.15, 0.2) is 30.6 Å². The van der Waals surface area contributed by atoms with Crippen LogP contribution < -0.4 is 10.6 Å². The lowest BCUT2D eigenvalue weighted by atomic mass is 10.2. The van der Waals surface area contributed by atoms with Crippen molar-refractivity contribution in [2.75, 3.05) is 11.9 Å². The van der Waals surface area contributed by atoms with Gasteiger partial charge in [-0.3, -0.25) is 9.78 Å². The molecule has 2 aromatic heterocycles. The Hall–Kier alpha value is -1.59. The van der Waals surface area contributed by atoms with Gasteiger partial charge in [-0.15, -0.1) is 11.3 Å². The highest BCUT2D eigenvalue weighted by Gasteiger charge is 2.11. The number of carbonyl (C=O) groups excluding carboxylic acids is 1. The third kappa shape index (κ3) is 3.95. The van der Waals surface area contributed by atoms with Gasteiger partial charge in [0, 0.05) is 23.8 Å². The number of thiophene rings is 1. The van der Waals surface area contributed by atoms with Crippen LogP contribution >= 0.6 is 22.9 Å². The standard InChI is InChI=1S/C14H16ClN3OS/c1-2-6-17-12-5-7-16-9-11(12)14(19)18-8-10-3-4-13(15)20-10/h3-5,7,9H,2,6,8H2,1H3,(H,16,17)(H,18,19). The lowest BCUT2D eigenvalue weighted by Crippen LogP contribution is -2.23. The van der Waals surface area contributed by atoms with Gasteiger partial charge in [0.1, 0.15) is 0 Å². The van der Waals surface area contributed by atoms with Crippen LogP contribution in [-0.2, 0) is 6.54 Å². The fraction of sp³-hybridized carbons (Fsp3) is 0.286. The molecule has 0 atom stereocenters. The number of pyridine rings is 1.